The van der Waals surface area contributed by atoms with Crippen molar-refractivity contribution in [1.29, 1.82) is 0 Å². The Bertz CT molecular complexity index is 968. The van der Waals surface area contributed by atoms with Crippen LogP contribution in [0.1, 0.15) is 29.8 Å². The first kappa shape index (κ1) is 20.4. The van der Waals surface area contributed by atoms with Gasteiger partial charge in [0.25, 0.3) is 0 Å². The van der Waals surface area contributed by atoms with Gasteiger partial charge in [-0.2, -0.15) is 5.10 Å². The van der Waals surface area contributed by atoms with Crippen molar-refractivity contribution >= 4 is 22.3 Å². The molecule has 0 amide bonds. The lowest BCUT2D eigenvalue weighted by atomic mass is 10.1. The van der Waals surface area contributed by atoms with Crippen LogP contribution in [-0.2, 0) is 6.54 Å². The highest BCUT2D eigenvalue weighted by atomic mass is 32.1. The average Bonchev–Trinajstić information content (AvgIpc) is 3.41. The lowest BCUT2D eigenvalue weighted by Crippen LogP contribution is -2.48. The summed E-state index contributed by atoms with van der Waals surface area (Å²) in [5.41, 5.74) is 3.19. The van der Waals surface area contributed by atoms with Crippen LogP contribution in [0.25, 0.3) is 5.82 Å². The minimum atomic E-state index is 0.443. The van der Waals surface area contributed by atoms with E-state index in [9.17, 15) is 0 Å². The van der Waals surface area contributed by atoms with Crippen LogP contribution in [-0.4, -0.2) is 46.9 Å². The van der Waals surface area contributed by atoms with E-state index in [1.54, 1.807) is 0 Å². The molecule has 0 atom stereocenters. The standard InChI is InChI=1S/C22H29N7S/c1-16-13-17(2)29(27-16)20-7-6-18(14-24-20)15-25-22(23-3)26-19-8-10-28(11-9-19)21-5-4-12-30-21/h4-7,12-14,19H,8-11,15H2,1-3H3,(H2,23,25,26). The van der Waals surface area contributed by atoms with E-state index in [2.05, 4.69) is 60.3 Å². The fourth-order valence-corrected chi connectivity index (χ4v) is 4.56. The molecule has 3 aromatic rings. The molecule has 30 heavy (non-hydrogen) atoms. The molecule has 1 aliphatic heterocycles. The second-order valence-corrected chi connectivity index (χ2v) is 8.57. The number of aliphatic imine (C=N–C) groups is 1. The van der Waals surface area contributed by atoms with E-state index >= 15 is 0 Å². The van der Waals surface area contributed by atoms with Gasteiger partial charge < -0.3 is 15.5 Å². The summed E-state index contributed by atoms with van der Waals surface area (Å²) in [4.78, 5) is 11.4. The molecule has 0 spiro atoms. The van der Waals surface area contributed by atoms with Crippen molar-refractivity contribution in [3.05, 3.63) is 58.9 Å². The van der Waals surface area contributed by atoms with Gasteiger partial charge in [0, 0.05) is 44.6 Å². The number of nitrogens with zero attached hydrogens (tertiary/aromatic N) is 5. The van der Waals surface area contributed by atoms with E-state index in [1.165, 1.54) is 5.00 Å². The van der Waals surface area contributed by atoms with Gasteiger partial charge in [0.05, 0.1) is 10.7 Å². The SMILES string of the molecule is CN=C(NCc1ccc(-n2nc(C)cc2C)nc1)NC1CCN(c2cccs2)CC1. The molecule has 1 fully saturated rings. The van der Waals surface area contributed by atoms with Gasteiger partial charge in [-0.15, -0.1) is 11.3 Å². The average molecular weight is 424 g/mol. The van der Waals surface area contributed by atoms with E-state index in [0.717, 1.165) is 54.7 Å². The third kappa shape index (κ3) is 4.81. The Hall–Kier alpha value is -2.87. The van der Waals surface area contributed by atoms with Crippen molar-refractivity contribution in [2.45, 2.75) is 39.3 Å². The van der Waals surface area contributed by atoms with Gasteiger partial charge in [-0.05, 0) is 61.9 Å². The van der Waals surface area contributed by atoms with Crippen LogP contribution in [0.3, 0.4) is 0 Å². The van der Waals surface area contributed by atoms with Crippen molar-refractivity contribution in [3.8, 4) is 5.82 Å². The number of hydrogen-bond donors (Lipinski definition) is 2. The Kier molecular flexibility index (Phi) is 6.32. The predicted molar refractivity (Wildman–Crippen MR) is 124 cm³/mol. The van der Waals surface area contributed by atoms with Crippen LogP contribution in [0.15, 0.2) is 46.9 Å². The summed E-state index contributed by atoms with van der Waals surface area (Å²) in [7, 11) is 1.82. The van der Waals surface area contributed by atoms with Crippen LogP contribution in [0.2, 0.25) is 0 Å². The van der Waals surface area contributed by atoms with Gasteiger partial charge in [0.1, 0.15) is 0 Å². The molecule has 1 saturated heterocycles. The van der Waals surface area contributed by atoms with Crippen molar-refractivity contribution in [3.63, 3.8) is 0 Å². The topological polar surface area (TPSA) is 70.4 Å². The molecule has 0 aromatic carbocycles. The maximum atomic E-state index is 4.57. The van der Waals surface area contributed by atoms with Gasteiger partial charge in [-0.3, -0.25) is 4.99 Å². The van der Waals surface area contributed by atoms with Crippen molar-refractivity contribution in [2.75, 3.05) is 25.0 Å². The van der Waals surface area contributed by atoms with Crippen LogP contribution in [0, 0.1) is 13.8 Å². The summed E-state index contributed by atoms with van der Waals surface area (Å²) >= 11 is 1.81. The molecule has 1 aliphatic rings. The van der Waals surface area contributed by atoms with Gasteiger partial charge >= 0.3 is 0 Å². The fourth-order valence-electron chi connectivity index (χ4n) is 3.78. The number of guanidine groups is 1. The number of anilines is 1. The first-order chi connectivity index (χ1) is 14.6. The Morgan fingerprint density at radius 3 is 2.67 bits per heavy atom. The maximum absolute atomic E-state index is 4.57. The van der Waals surface area contributed by atoms with Crippen LogP contribution in [0.4, 0.5) is 5.00 Å². The zero-order valence-electron chi connectivity index (χ0n) is 17.8. The molecule has 0 saturated carbocycles. The summed E-state index contributed by atoms with van der Waals surface area (Å²) in [6.45, 7) is 6.86. The second-order valence-electron chi connectivity index (χ2n) is 7.65. The van der Waals surface area contributed by atoms with E-state index in [-0.39, 0.29) is 0 Å². The number of hydrogen-bond acceptors (Lipinski definition) is 5. The Morgan fingerprint density at radius 2 is 2.07 bits per heavy atom. The Morgan fingerprint density at radius 1 is 1.23 bits per heavy atom. The first-order valence-electron chi connectivity index (χ1n) is 10.4. The van der Waals surface area contributed by atoms with Gasteiger partial charge in [-0.25, -0.2) is 9.67 Å². The molecular formula is C22H29N7S. The first-order valence-corrected chi connectivity index (χ1v) is 11.2. The number of rotatable bonds is 5. The molecule has 4 rings (SSSR count). The molecule has 0 aliphatic carbocycles. The quantitative estimate of drug-likeness (QED) is 0.487. The minimum Gasteiger partial charge on any atom is -0.363 e. The molecule has 158 valence electrons. The molecule has 3 aromatic heterocycles. The van der Waals surface area contributed by atoms with Gasteiger partial charge in [0.2, 0.25) is 0 Å². The number of piperidine rings is 1. The van der Waals surface area contributed by atoms with E-state index in [4.69, 9.17) is 0 Å². The van der Waals surface area contributed by atoms with Crippen molar-refractivity contribution < 1.29 is 0 Å². The smallest absolute Gasteiger partial charge is 0.191 e. The molecular weight excluding hydrogens is 394 g/mol. The van der Waals surface area contributed by atoms with Gasteiger partial charge in [0.15, 0.2) is 11.8 Å². The highest BCUT2D eigenvalue weighted by molar-refractivity contribution is 7.14. The van der Waals surface area contributed by atoms with Crippen LogP contribution >= 0.6 is 11.3 Å². The third-order valence-corrected chi connectivity index (χ3v) is 6.30. The monoisotopic (exact) mass is 423 g/mol. The largest absolute Gasteiger partial charge is 0.363 e. The summed E-state index contributed by atoms with van der Waals surface area (Å²) in [5, 5.41) is 15.0. The highest BCUT2D eigenvalue weighted by Crippen LogP contribution is 2.24. The van der Waals surface area contributed by atoms with Crippen molar-refractivity contribution in [2.24, 2.45) is 4.99 Å². The van der Waals surface area contributed by atoms with E-state index in [0.29, 0.717) is 12.6 Å². The fraction of sp³-hybridized carbons (Fsp3) is 0.409. The molecule has 4 heterocycles. The Balaban J connectivity index is 1.27. The zero-order valence-corrected chi connectivity index (χ0v) is 18.6. The minimum absolute atomic E-state index is 0.443. The third-order valence-electron chi connectivity index (χ3n) is 5.37. The summed E-state index contributed by atoms with van der Waals surface area (Å²) in [6, 6.07) is 10.9. The van der Waals surface area contributed by atoms with E-state index in [1.807, 2.05) is 49.2 Å². The summed E-state index contributed by atoms with van der Waals surface area (Å²) in [6.07, 6.45) is 4.11. The highest BCUT2D eigenvalue weighted by Gasteiger charge is 2.20. The van der Waals surface area contributed by atoms with Gasteiger partial charge in [-0.1, -0.05) is 6.07 Å². The maximum Gasteiger partial charge on any atom is 0.191 e. The molecule has 0 radical (unpaired) electrons. The lowest BCUT2D eigenvalue weighted by molar-refractivity contribution is 0.463. The second kappa shape index (κ2) is 9.30. The summed E-state index contributed by atoms with van der Waals surface area (Å²) in [5.74, 6) is 1.68. The number of thiophene rings is 1. The Labute approximate surface area is 181 Å². The molecule has 7 nitrogen and oxygen atoms in total. The normalized spacial score (nSPS) is 15.4. The van der Waals surface area contributed by atoms with E-state index < -0.39 is 0 Å². The predicted octanol–water partition coefficient (Wildman–Crippen LogP) is 3.28. The number of nitrogens with one attached hydrogen (secondary N) is 2. The molecule has 8 heteroatoms. The van der Waals surface area contributed by atoms with Crippen molar-refractivity contribution in [1.82, 2.24) is 25.4 Å². The zero-order chi connectivity index (χ0) is 20.9. The molecule has 0 unspecified atom stereocenters. The lowest BCUT2D eigenvalue weighted by Gasteiger charge is -2.33. The van der Waals surface area contributed by atoms with Crippen LogP contribution in [0.5, 0.6) is 0 Å². The molecule has 2 N–H and O–H groups in total. The summed E-state index contributed by atoms with van der Waals surface area (Å²) < 4.78 is 1.87. The number of pyridine rings is 1. The number of aromatic nitrogens is 3. The van der Waals surface area contributed by atoms with Crippen LogP contribution < -0.4 is 15.5 Å². The number of aryl methyl sites for hydroxylation is 2. The molecule has 0 bridgehead atoms.